The third-order valence-electron chi connectivity index (χ3n) is 3.71. The second-order valence-electron chi connectivity index (χ2n) is 5.40. The molecule has 8 nitrogen and oxygen atoms in total. The van der Waals surface area contributed by atoms with Crippen LogP contribution in [0.4, 0.5) is 5.82 Å². The summed E-state index contributed by atoms with van der Waals surface area (Å²) in [7, 11) is 1.56. The molecule has 3 aromatic heterocycles. The summed E-state index contributed by atoms with van der Waals surface area (Å²) in [5, 5.41) is 3.05. The number of hydrogen-bond acceptors (Lipinski definition) is 6. The summed E-state index contributed by atoms with van der Waals surface area (Å²) >= 11 is 1.45. The van der Waals surface area contributed by atoms with Crippen LogP contribution in [0, 0.1) is 13.8 Å². The topological polar surface area (TPSA) is 98.9 Å². The molecule has 3 aromatic rings. The molecule has 9 heteroatoms. The van der Waals surface area contributed by atoms with Gasteiger partial charge in [0, 0.05) is 18.1 Å². The van der Waals surface area contributed by atoms with E-state index in [-0.39, 0.29) is 17.9 Å². The molecule has 24 heavy (non-hydrogen) atoms. The lowest BCUT2D eigenvalue weighted by atomic mass is 10.2. The molecule has 124 valence electrons. The molecule has 1 amide bonds. The first-order valence-corrected chi connectivity index (χ1v) is 7.97. The van der Waals surface area contributed by atoms with Crippen LogP contribution in [-0.4, -0.2) is 25.0 Å². The van der Waals surface area contributed by atoms with E-state index in [0.717, 1.165) is 10.4 Å². The van der Waals surface area contributed by atoms with Gasteiger partial charge in [-0.3, -0.25) is 14.2 Å². The molecule has 3 heterocycles. The van der Waals surface area contributed by atoms with Crippen LogP contribution in [-0.2, 0) is 18.4 Å². The predicted molar refractivity (Wildman–Crippen MR) is 91.5 cm³/mol. The van der Waals surface area contributed by atoms with E-state index in [4.69, 9.17) is 0 Å². The highest BCUT2D eigenvalue weighted by molar-refractivity contribution is 7.18. The lowest BCUT2D eigenvalue weighted by molar-refractivity contribution is -0.116. The fraction of sp³-hybridized carbons (Fsp3) is 0.267. The zero-order chi connectivity index (χ0) is 17.4. The van der Waals surface area contributed by atoms with Crippen LogP contribution in [0.1, 0.15) is 10.4 Å². The number of hydrogen-bond donors (Lipinski definition) is 1. The molecule has 0 aliphatic rings. The van der Waals surface area contributed by atoms with Crippen LogP contribution >= 0.6 is 11.3 Å². The summed E-state index contributed by atoms with van der Waals surface area (Å²) in [5.74, 6) is -0.309. The molecule has 0 atom stereocenters. The number of carbonyl (C=O) groups is 1. The molecule has 0 aromatic carbocycles. The molecule has 0 saturated carbocycles. The number of anilines is 1. The number of carbonyl (C=O) groups excluding carboxylic acids is 1. The molecule has 1 N–H and O–H groups in total. The van der Waals surface area contributed by atoms with Crippen molar-refractivity contribution in [2.24, 2.45) is 7.05 Å². The van der Waals surface area contributed by atoms with E-state index in [1.165, 1.54) is 39.1 Å². The highest BCUT2D eigenvalue weighted by Gasteiger charge is 2.14. The molecule has 0 aliphatic carbocycles. The lowest BCUT2D eigenvalue weighted by Crippen LogP contribution is -2.29. The van der Waals surface area contributed by atoms with E-state index >= 15 is 0 Å². The highest BCUT2D eigenvalue weighted by atomic mass is 32.1. The summed E-state index contributed by atoms with van der Waals surface area (Å²) in [5.41, 5.74) is 0.154. The largest absolute Gasteiger partial charge is 0.349 e. The van der Waals surface area contributed by atoms with Gasteiger partial charge in [0.1, 0.15) is 17.2 Å². The summed E-state index contributed by atoms with van der Waals surface area (Å²) < 4.78 is 2.54. The van der Waals surface area contributed by atoms with E-state index in [1.807, 2.05) is 13.8 Å². The van der Waals surface area contributed by atoms with Crippen molar-refractivity contribution >= 4 is 33.3 Å². The standard InChI is InChI=1S/C15H15N5O3S/c1-8-9(2)24-13-12(8)14(22)20(7-16-13)6-11(21)17-10-4-5-19(3)15(23)18-10/h4-5,7H,6H2,1-3H3,(H,17,18,21,23). The van der Waals surface area contributed by atoms with E-state index in [0.29, 0.717) is 10.2 Å². The van der Waals surface area contributed by atoms with E-state index in [9.17, 15) is 14.4 Å². The zero-order valence-corrected chi connectivity index (χ0v) is 14.2. The zero-order valence-electron chi connectivity index (χ0n) is 13.4. The second-order valence-corrected chi connectivity index (χ2v) is 6.60. The fourth-order valence-corrected chi connectivity index (χ4v) is 3.24. The molecule has 3 rings (SSSR count). The Balaban J connectivity index is 1.86. The van der Waals surface area contributed by atoms with E-state index < -0.39 is 11.6 Å². The maximum absolute atomic E-state index is 12.5. The maximum Gasteiger partial charge on any atom is 0.349 e. The molecule has 0 unspecified atom stereocenters. The van der Waals surface area contributed by atoms with Crippen LogP contribution in [0.15, 0.2) is 28.2 Å². The van der Waals surface area contributed by atoms with Crippen molar-refractivity contribution in [1.82, 2.24) is 19.1 Å². The van der Waals surface area contributed by atoms with Crippen LogP contribution in [0.2, 0.25) is 0 Å². The van der Waals surface area contributed by atoms with Crippen molar-refractivity contribution in [3.05, 3.63) is 49.9 Å². The number of amides is 1. The number of aryl methyl sites for hydroxylation is 3. The van der Waals surface area contributed by atoms with E-state index in [2.05, 4.69) is 15.3 Å². The minimum absolute atomic E-state index is 0.146. The van der Waals surface area contributed by atoms with Gasteiger partial charge in [0.25, 0.3) is 5.56 Å². The number of aromatic nitrogens is 4. The molecule has 0 fully saturated rings. The van der Waals surface area contributed by atoms with Crippen molar-refractivity contribution in [1.29, 1.82) is 0 Å². The van der Waals surface area contributed by atoms with Gasteiger partial charge < -0.3 is 9.88 Å². The van der Waals surface area contributed by atoms with Crippen LogP contribution < -0.4 is 16.6 Å². The van der Waals surface area contributed by atoms with Crippen LogP contribution in [0.5, 0.6) is 0 Å². The summed E-state index contributed by atoms with van der Waals surface area (Å²) in [6.07, 6.45) is 2.86. The van der Waals surface area contributed by atoms with Gasteiger partial charge in [0.15, 0.2) is 0 Å². The summed E-state index contributed by atoms with van der Waals surface area (Å²) in [6.45, 7) is 3.60. The fourth-order valence-electron chi connectivity index (χ4n) is 2.25. The van der Waals surface area contributed by atoms with Gasteiger partial charge in [-0.15, -0.1) is 11.3 Å². The first kappa shape index (κ1) is 16.1. The summed E-state index contributed by atoms with van der Waals surface area (Å²) in [4.78, 5) is 45.8. The Morgan fingerprint density at radius 2 is 2.08 bits per heavy atom. The third-order valence-corrected chi connectivity index (χ3v) is 4.83. The maximum atomic E-state index is 12.5. The van der Waals surface area contributed by atoms with Gasteiger partial charge >= 0.3 is 5.69 Å². The Morgan fingerprint density at radius 1 is 1.33 bits per heavy atom. The Hall–Kier alpha value is -2.81. The number of fused-ring (bicyclic) bond motifs is 1. The average Bonchev–Trinajstić information content (AvgIpc) is 2.81. The Kier molecular flexibility index (Phi) is 4.02. The van der Waals surface area contributed by atoms with Crippen molar-refractivity contribution in [3.63, 3.8) is 0 Å². The Labute approximate surface area is 140 Å². The van der Waals surface area contributed by atoms with Crippen molar-refractivity contribution in [2.75, 3.05) is 5.32 Å². The number of nitrogens with zero attached hydrogens (tertiary/aromatic N) is 4. The SMILES string of the molecule is Cc1sc2ncn(CC(=O)Nc3ccn(C)c(=O)n3)c(=O)c2c1C. The van der Waals surface area contributed by atoms with Crippen molar-refractivity contribution in [2.45, 2.75) is 20.4 Å². The normalized spacial score (nSPS) is 11.0. The van der Waals surface area contributed by atoms with Gasteiger partial charge in [0.2, 0.25) is 5.91 Å². The molecular weight excluding hydrogens is 330 g/mol. The minimum Gasteiger partial charge on any atom is -0.309 e. The first-order chi connectivity index (χ1) is 11.4. The van der Waals surface area contributed by atoms with Gasteiger partial charge in [-0.2, -0.15) is 4.98 Å². The lowest BCUT2D eigenvalue weighted by Gasteiger charge is -2.07. The van der Waals surface area contributed by atoms with Crippen LogP contribution in [0.3, 0.4) is 0 Å². The van der Waals surface area contributed by atoms with Gasteiger partial charge in [-0.1, -0.05) is 0 Å². The molecule has 0 radical (unpaired) electrons. The number of thiophene rings is 1. The quantitative estimate of drug-likeness (QED) is 0.757. The Morgan fingerprint density at radius 3 is 2.79 bits per heavy atom. The second kappa shape index (κ2) is 6.00. The molecular formula is C15H15N5O3S. The smallest absolute Gasteiger partial charge is 0.309 e. The number of nitrogens with one attached hydrogen (secondary N) is 1. The monoisotopic (exact) mass is 345 g/mol. The van der Waals surface area contributed by atoms with Crippen molar-refractivity contribution < 1.29 is 4.79 Å². The molecule has 0 aliphatic heterocycles. The predicted octanol–water partition coefficient (Wildman–Crippen LogP) is 0.807. The average molecular weight is 345 g/mol. The summed E-state index contributed by atoms with van der Waals surface area (Å²) in [6, 6.07) is 1.51. The van der Waals surface area contributed by atoms with Crippen molar-refractivity contribution in [3.8, 4) is 0 Å². The van der Waals surface area contributed by atoms with Gasteiger partial charge in [-0.05, 0) is 25.5 Å². The highest BCUT2D eigenvalue weighted by Crippen LogP contribution is 2.25. The minimum atomic E-state index is -0.475. The first-order valence-electron chi connectivity index (χ1n) is 7.15. The third kappa shape index (κ3) is 2.85. The molecule has 0 bridgehead atoms. The van der Waals surface area contributed by atoms with Gasteiger partial charge in [0.05, 0.1) is 11.7 Å². The van der Waals surface area contributed by atoms with E-state index in [1.54, 1.807) is 7.05 Å². The van der Waals surface area contributed by atoms with Gasteiger partial charge in [-0.25, -0.2) is 9.78 Å². The molecule has 0 spiro atoms. The number of rotatable bonds is 3. The molecule has 0 saturated heterocycles. The Bertz CT molecular complexity index is 1060. The van der Waals surface area contributed by atoms with Crippen LogP contribution in [0.25, 0.3) is 10.2 Å².